The van der Waals surface area contributed by atoms with Gasteiger partial charge in [0.1, 0.15) is 5.82 Å². The van der Waals surface area contributed by atoms with Crippen molar-refractivity contribution in [3.8, 4) is 10.6 Å². The van der Waals surface area contributed by atoms with E-state index in [1.54, 1.807) is 0 Å². The molecule has 1 heterocycles. The van der Waals surface area contributed by atoms with Crippen LogP contribution >= 0.6 is 11.3 Å². The molecule has 2 aromatic rings. The molecule has 2 rings (SSSR count). The van der Waals surface area contributed by atoms with Gasteiger partial charge in [-0.25, -0.2) is 4.39 Å². The van der Waals surface area contributed by atoms with Gasteiger partial charge in [0, 0.05) is 6.54 Å². The Labute approximate surface area is 110 Å². The van der Waals surface area contributed by atoms with Crippen LogP contribution in [0.25, 0.3) is 10.6 Å². The predicted molar refractivity (Wildman–Crippen MR) is 73.6 cm³/mol. The summed E-state index contributed by atoms with van der Waals surface area (Å²) in [6.07, 6.45) is 1.02. The Kier molecular flexibility index (Phi) is 3.91. The van der Waals surface area contributed by atoms with Gasteiger partial charge < -0.3 is 5.32 Å². The lowest BCUT2D eigenvalue weighted by Gasteiger charge is -2.04. The molecule has 5 heteroatoms. The molecule has 18 heavy (non-hydrogen) atoms. The van der Waals surface area contributed by atoms with Crippen molar-refractivity contribution in [2.24, 2.45) is 0 Å². The standard InChI is InChI=1S/C13H16FN3S/c1-4-5-15-13-17-16-12(18-13)11-9(3)6-8(2)7-10(11)14/h6-7H,4-5H2,1-3H3,(H,15,17). The summed E-state index contributed by atoms with van der Waals surface area (Å²) in [6, 6.07) is 3.49. The van der Waals surface area contributed by atoms with Crippen LogP contribution in [0.5, 0.6) is 0 Å². The average Bonchev–Trinajstić information content (AvgIpc) is 2.73. The molecule has 1 aromatic heterocycles. The second-order valence-corrected chi connectivity index (χ2v) is 5.26. The van der Waals surface area contributed by atoms with Crippen LogP contribution in [0.1, 0.15) is 24.5 Å². The topological polar surface area (TPSA) is 37.8 Å². The molecule has 0 aliphatic heterocycles. The fourth-order valence-electron chi connectivity index (χ4n) is 1.81. The molecular weight excluding hydrogens is 249 g/mol. The summed E-state index contributed by atoms with van der Waals surface area (Å²) in [5.74, 6) is -0.231. The van der Waals surface area contributed by atoms with Crippen LogP contribution in [0.2, 0.25) is 0 Å². The van der Waals surface area contributed by atoms with Crippen molar-refractivity contribution in [1.82, 2.24) is 10.2 Å². The first kappa shape index (κ1) is 13.0. The molecule has 3 nitrogen and oxygen atoms in total. The molecule has 0 aliphatic rings. The Bertz CT molecular complexity index is 528. The monoisotopic (exact) mass is 265 g/mol. The summed E-state index contributed by atoms with van der Waals surface area (Å²) >= 11 is 1.39. The Morgan fingerprint density at radius 2 is 2.06 bits per heavy atom. The van der Waals surface area contributed by atoms with E-state index in [9.17, 15) is 4.39 Å². The Morgan fingerprint density at radius 1 is 1.28 bits per heavy atom. The van der Waals surface area contributed by atoms with E-state index in [4.69, 9.17) is 0 Å². The summed E-state index contributed by atoms with van der Waals surface area (Å²) in [7, 11) is 0. The first-order valence-electron chi connectivity index (χ1n) is 5.96. The Balaban J connectivity index is 2.34. The smallest absolute Gasteiger partial charge is 0.206 e. The minimum Gasteiger partial charge on any atom is -0.360 e. The van der Waals surface area contributed by atoms with Gasteiger partial charge in [-0.3, -0.25) is 0 Å². The number of hydrogen-bond acceptors (Lipinski definition) is 4. The van der Waals surface area contributed by atoms with Crippen molar-refractivity contribution in [1.29, 1.82) is 0 Å². The third-order valence-electron chi connectivity index (χ3n) is 2.60. The second-order valence-electron chi connectivity index (χ2n) is 4.28. The van der Waals surface area contributed by atoms with E-state index in [1.807, 2.05) is 19.9 Å². The van der Waals surface area contributed by atoms with Gasteiger partial charge in [0.15, 0.2) is 5.01 Å². The predicted octanol–water partition coefficient (Wildman–Crippen LogP) is 3.78. The number of hydrogen-bond donors (Lipinski definition) is 1. The molecule has 0 saturated carbocycles. The first-order chi connectivity index (χ1) is 8.61. The number of halogens is 1. The van der Waals surface area contributed by atoms with Gasteiger partial charge >= 0.3 is 0 Å². The molecule has 1 N–H and O–H groups in total. The SMILES string of the molecule is CCCNc1nnc(-c2c(C)cc(C)cc2F)s1. The molecule has 0 atom stereocenters. The van der Waals surface area contributed by atoms with Crippen molar-refractivity contribution < 1.29 is 4.39 Å². The van der Waals surface area contributed by atoms with E-state index < -0.39 is 0 Å². The summed E-state index contributed by atoms with van der Waals surface area (Å²) in [5, 5.41) is 12.6. The van der Waals surface area contributed by atoms with Gasteiger partial charge in [-0.2, -0.15) is 0 Å². The number of nitrogens with one attached hydrogen (secondary N) is 1. The van der Waals surface area contributed by atoms with Crippen molar-refractivity contribution >= 4 is 16.5 Å². The molecule has 96 valence electrons. The van der Waals surface area contributed by atoms with Crippen LogP contribution in [-0.4, -0.2) is 16.7 Å². The summed E-state index contributed by atoms with van der Waals surface area (Å²) < 4.78 is 14.0. The minimum absolute atomic E-state index is 0.231. The highest BCUT2D eigenvalue weighted by Gasteiger charge is 2.14. The van der Waals surface area contributed by atoms with Gasteiger partial charge in [-0.05, 0) is 37.5 Å². The third-order valence-corrected chi connectivity index (χ3v) is 3.50. The Morgan fingerprint density at radius 3 is 2.72 bits per heavy atom. The van der Waals surface area contributed by atoms with E-state index in [0.717, 1.165) is 29.2 Å². The largest absolute Gasteiger partial charge is 0.360 e. The van der Waals surface area contributed by atoms with Gasteiger partial charge in [0.25, 0.3) is 0 Å². The maximum atomic E-state index is 14.0. The quantitative estimate of drug-likeness (QED) is 0.914. The van der Waals surface area contributed by atoms with Gasteiger partial charge in [-0.15, -0.1) is 10.2 Å². The fraction of sp³-hybridized carbons (Fsp3) is 0.385. The molecular formula is C13H16FN3S. The maximum Gasteiger partial charge on any atom is 0.206 e. The Hall–Kier alpha value is -1.49. The number of aromatic nitrogens is 2. The highest BCUT2D eigenvalue weighted by Crippen LogP contribution is 2.31. The molecule has 0 unspecified atom stereocenters. The number of benzene rings is 1. The average molecular weight is 265 g/mol. The number of rotatable bonds is 4. The molecule has 0 saturated heterocycles. The van der Waals surface area contributed by atoms with Gasteiger partial charge in [0.2, 0.25) is 5.13 Å². The molecule has 1 aromatic carbocycles. The van der Waals surface area contributed by atoms with Gasteiger partial charge in [-0.1, -0.05) is 24.3 Å². The lowest BCUT2D eigenvalue weighted by Crippen LogP contribution is -1.98. The molecule has 0 spiro atoms. The zero-order chi connectivity index (χ0) is 13.1. The van der Waals surface area contributed by atoms with Crippen LogP contribution in [0.15, 0.2) is 12.1 Å². The second kappa shape index (κ2) is 5.44. The van der Waals surface area contributed by atoms with Crippen molar-refractivity contribution in [2.45, 2.75) is 27.2 Å². The summed E-state index contributed by atoms with van der Waals surface area (Å²) in [5.41, 5.74) is 2.37. The van der Waals surface area contributed by atoms with Crippen molar-refractivity contribution in [3.63, 3.8) is 0 Å². The number of anilines is 1. The van der Waals surface area contributed by atoms with E-state index in [1.165, 1.54) is 17.4 Å². The van der Waals surface area contributed by atoms with Crippen LogP contribution < -0.4 is 5.32 Å². The molecule has 0 bridgehead atoms. The number of nitrogens with zero attached hydrogens (tertiary/aromatic N) is 2. The highest BCUT2D eigenvalue weighted by molar-refractivity contribution is 7.18. The molecule has 0 fully saturated rings. The van der Waals surface area contributed by atoms with Crippen LogP contribution in [0.3, 0.4) is 0 Å². The molecule has 0 radical (unpaired) electrons. The third kappa shape index (κ3) is 2.67. The molecule has 0 amide bonds. The lowest BCUT2D eigenvalue weighted by atomic mass is 10.1. The first-order valence-corrected chi connectivity index (χ1v) is 6.78. The summed E-state index contributed by atoms with van der Waals surface area (Å²) in [4.78, 5) is 0. The van der Waals surface area contributed by atoms with Crippen LogP contribution in [0, 0.1) is 19.7 Å². The minimum atomic E-state index is -0.231. The zero-order valence-corrected chi connectivity index (χ0v) is 11.6. The molecule has 0 aliphatic carbocycles. The van der Waals surface area contributed by atoms with Gasteiger partial charge in [0.05, 0.1) is 5.56 Å². The lowest BCUT2D eigenvalue weighted by molar-refractivity contribution is 0.628. The zero-order valence-electron chi connectivity index (χ0n) is 10.7. The summed E-state index contributed by atoms with van der Waals surface area (Å²) in [6.45, 7) is 6.71. The van der Waals surface area contributed by atoms with Crippen LogP contribution in [0.4, 0.5) is 9.52 Å². The van der Waals surface area contributed by atoms with Crippen LogP contribution in [-0.2, 0) is 0 Å². The fourth-order valence-corrected chi connectivity index (χ4v) is 2.70. The van der Waals surface area contributed by atoms with E-state index >= 15 is 0 Å². The van der Waals surface area contributed by atoms with Crippen molar-refractivity contribution in [3.05, 3.63) is 29.1 Å². The number of aryl methyl sites for hydroxylation is 2. The normalized spacial score (nSPS) is 10.7. The van der Waals surface area contributed by atoms with E-state index in [2.05, 4.69) is 22.4 Å². The maximum absolute atomic E-state index is 14.0. The van der Waals surface area contributed by atoms with E-state index in [0.29, 0.717) is 10.6 Å². The highest BCUT2D eigenvalue weighted by atomic mass is 32.1. The van der Waals surface area contributed by atoms with E-state index in [-0.39, 0.29) is 5.82 Å². The van der Waals surface area contributed by atoms with Crippen molar-refractivity contribution in [2.75, 3.05) is 11.9 Å².